The fraction of sp³-hybridized carbons (Fsp3) is 0.182. The second-order valence-corrected chi connectivity index (χ2v) is 4.79. The van der Waals surface area contributed by atoms with Crippen molar-refractivity contribution in [3.05, 3.63) is 39.2 Å². The van der Waals surface area contributed by atoms with E-state index in [4.69, 9.17) is 5.73 Å². The summed E-state index contributed by atoms with van der Waals surface area (Å²) in [5.41, 5.74) is 9.77. The molecule has 2 N–H and O–H groups in total. The molecule has 0 aliphatic rings. The van der Waals surface area contributed by atoms with E-state index in [-0.39, 0.29) is 0 Å². The van der Waals surface area contributed by atoms with Crippen molar-refractivity contribution in [2.24, 2.45) is 0 Å². The van der Waals surface area contributed by atoms with E-state index < -0.39 is 0 Å². The minimum absolute atomic E-state index is 0.758. The van der Waals surface area contributed by atoms with Crippen molar-refractivity contribution in [3.8, 4) is 5.69 Å². The van der Waals surface area contributed by atoms with Crippen molar-refractivity contribution in [3.63, 3.8) is 0 Å². The van der Waals surface area contributed by atoms with Gasteiger partial charge in [-0.05, 0) is 60.7 Å². The monoisotopic (exact) mass is 313 g/mol. The number of anilines is 1. The molecular weight excluding hydrogens is 301 g/mol. The van der Waals surface area contributed by atoms with Gasteiger partial charge in [-0.1, -0.05) is 0 Å². The summed E-state index contributed by atoms with van der Waals surface area (Å²) < 4.78 is 3.01. The number of nitrogens with two attached hydrogens (primary N) is 1. The Morgan fingerprint density at radius 1 is 1.27 bits per heavy atom. The van der Waals surface area contributed by atoms with Crippen molar-refractivity contribution in [2.75, 3.05) is 5.73 Å². The van der Waals surface area contributed by atoms with Crippen molar-refractivity contribution < 1.29 is 0 Å². The van der Waals surface area contributed by atoms with Crippen molar-refractivity contribution in [1.82, 2.24) is 9.78 Å². The maximum absolute atomic E-state index is 5.97. The minimum Gasteiger partial charge on any atom is -0.397 e. The lowest BCUT2D eigenvalue weighted by Crippen LogP contribution is -2.03. The van der Waals surface area contributed by atoms with Gasteiger partial charge in [-0.2, -0.15) is 5.10 Å². The third-order valence-electron chi connectivity index (χ3n) is 2.23. The molecule has 0 amide bonds. The molecule has 1 heterocycles. The van der Waals surface area contributed by atoms with Crippen LogP contribution >= 0.6 is 22.6 Å². The van der Waals surface area contributed by atoms with Crippen molar-refractivity contribution in [1.29, 1.82) is 0 Å². The van der Waals surface area contributed by atoms with E-state index in [9.17, 15) is 0 Å². The van der Waals surface area contributed by atoms with Gasteiger partial charge in [-0.25, -0.2) is 4.68 Å². The second kappa shape index (κ2) is 3.84. The van der Waals surface area contributed by atoms with Crippen LogP contribution in [0, 0.1) is 17.4 Å². The van der Waals surface area contributed by atoms with Gasteiger partial charge in [-0.3, -0.25) is 0 Å². The Balaban J connectivity index is 2.59. The van der Waals surface area contributed by atoms with E-state index in [1.54, 1.807) is 0 Å². The normalized spacial score (nSPS) is 10.6. The van der Waals surface area contributed by atoms with Gasteiger partial charge in [0.1, 0.15) is 0 Å². The van der Waals surface area contributed by atoms with Crippen LogP contribution < -0.4 is 5.73 Å². The summed E-state index contributed by atoms with van der Waals surface area (Å²) in [4.78, 5) is 0. The summed E-state index contributed by atoms with van der Waals surface area (Å²) in [7, 11) is 0. The zero-order valence-corrected chi connectivity index (χ0v) is 10.8. The van der Waals surface area contributed by atoms with Crippen LogP contribution in [0.1, 0.15) is 11.4 Å². The van der Waals surface area contributed by atoms with Gasteiger partial charge in [0.2, 0.25) is 0 Å². The molecule has 0 spiro atoms. The molecule has 0 aliphatic heterocycles. The van der Waals surface area contributed by atoms with E-state index in [0.717, 1.165) is 26.3 Å². The van der Waals surface area contributed by atoms with Gasteiger partial charge < -0.3 is 5.73 Å². The van der Waals surface area contributed by atoms with Gasteiger partial charge in [0.15, 0.2) is 0 Å². The molecule has 78 valence electrons. The lowest BCUT2D eigenvalue weighted by atomic mass is 10.2. The highest BCUT2D eigenvalue weighted by Crippen LogP contribution is 2.21. The van der Waals surface area contributed by atoms with E-state index >= 15 is 0 Å². The number of rotatable bonds is 1. The number of benzene rings is 1. The predicted octanol–water partition coefficient (Wildman–Crippen LogP) is 2.68. The van der Waals surface area contributed by atoms with Crippen LogP contribution in [0.2, 0.25) is 0 Å². The first-order valence-electron chi connectivity index (χ1n) is 4.66. The van der Waals surface area contributed by atoms with Gasteiger partial charge in [0.05, 0.1) is 17.1 Å². The Morgan fingerprint density at radius 2 is 2.00 bits per heavy atom. The molecule has 15 heavy (non-hydrogen) atoms. The first-order chi connectivity index (χ1) is 7.08. The molecule has 0 unspecified atom stereocenters. The number of hydrogen-bond donors (Lipinski definition) is 1. The zero-order valence-electron chi connectivity index (χ0n) is 8.66. The van der Waals surface area contributed by atoms with Crippen LogP contribution in [0.4, 0.5) is 5.69 Å². The molecule has 0 aliphatic carbocycles. The topological polar surface area (TPSA) is 43.8 Å². The molecule has 2 aromatic rings. The Labute approximate surface area is 102 Å². The highest BCUT2D eigenvalue weighted by atomic mass is 127. The van der Waals surface area contributed by atoms with E-state index in [1.165, 1.54) is 0 Å². The average molecular weight is 313 g/mol. The van der Waals surface area contributed by atoms with Crippen molar-refractivity contribution >= 4 is 28.3 Å². The van der Waals surface area contributed by atoms with Gasteiger partial charge >= 0.3 is 0 Å². The fourth-order valence-corrected chi connectivity index (χ4v) is 2.11. The smallest absolute Gasteiger partial charge is 0.0878 e. The lowest BCUT2D eigenvalue weighted by molar-refractivity contribution is 0.835. The molecule has 2 rings (SSSR count). The third kappa shape index (κ3) is 1.99. The summed E-state index contributed by atoms with van der Waals surface area (Å²) in [5.74, 6) is 0. The number of nitrogens with zero attached hydrogens (tertiary/aromatic N) is 2. The van der Waals surface area contributed by atoms with Crippen LogP contribution in [0.25, 0.3) is 5.69 Å². The first kappa shape index (κ1) is 10.5. The van der Waals surface area contributed by atoms with E-state index in [0.29, 0.717) is 0 Å². The second-order valence-electron chi connectivity index (χ2n) is 3.54. The summed E-state index contributed by atoms with van der Waals surface area (Å²) in [5, 5.41) is 4.41. The van der Waals surface area contributed by atoms with Crippen LogP contribution in [0.15, 0.2) is 24.3 Å². The molecule has 0 saturated carbocycles. The molecule has 1 aromatic heterocycles. The molecule has 4 heteroatoms. The molecular formula is C11H12IN3. The highest BCUT2D eigenvalue weighted by molar-refractivity contribution is 14.1. The molecule has 0 radical (unpaired) electrons. The Bertz CT molecular complexity index is 503. The summed E-state index contributed by atoms with van der Waals surface area (Å²) in [6, 6.07) is 8.02. The molecule has 0 saturated heterocycles. The average Bonchev–Trinajstić information content (AvgIpc) is 2.45. The zero-order chi connectivity index (χ0) is 11.0. The summed E-state index contributed by atoms with van der Waals surface area (Å²) in [6.07, 6.45) is 0. The Hall–Kier alpha value is -1.04. The fourth-order valence-electron chi connectivity index (χ4n) is 1.59. The van der Waals surface area contributed by atoms with Crippen LogP contribution in [0.5, 0.6) is 0 Å². The van der Waals surface area contributed by atoms with Crippen LogP contribution in [0.3, 0.4) is 0 Å². The number of halogens is 1. The van der Waals surface area contributed by atoms with Crippen LogP contribution in [-0.2, 0) is 0 Å². The van der Waals surface area contributed by atoms with Gasteiger partial charge in [0, 0.05) is 9.26 Å². The van der Waals surface area contributed by atoms with Crippen molar-refractivity contribution in [2.45, 2.75) is 13.8 Å². The SMILES string of the molecule is Cc1cc(C)n(-c2ccc(I)cc2N)n1. The van der Waals surface area contributed by atoms with E-state index in [1.807, 2.05) is 42.8 Å². The van der Waals surface area contributed by atoms with E-state index in [2.05, 4.69) is 27.7 Å². The predicted molar refractivity (Wildman–Crippen MR) is 70.2 cm³/mol. The summed E-state index contributed by atoms with van der Waals surface area (Å²) in [6.45, 7) is 4.00. The molecule has 1 aromatic carbocycles. The number of hydrogen-bond acceptors (Lipinski definition) is 2. The third-order valence-corrected chi connectivity index (χ3v) is 2.90. The maximum Gasteiger partial charge on any atom is 0.0878 e. The quantitative estimate of drug-likeness (QED) is 0.650. The number of nitrogen functional groups attached to an aromatic ring is 1. The first-order valence-corrected chi connectivity index (χ1v) is 5.74. The van der Waals surface area contributed by atoms with Gasteiger partial charge in [-0.15, -0.1) is 0 Å². The maximum atomic E-state index is 5.97. The highest BCUT2D eigenvalue weighted by Gasteiger charge is 2.06. The standard InChI is InChI=1S/C11H12IN3/c1-7-5-8(2)15(14-7)11-4-3-9(12)6-10(11)13/h3-6H,13H2,1-2H3. The molecule has 3 nitrogen and oxygen atoms in total. The molecule has 0 bridgehead atoms. The largest absolute Gasteiger partial charge is 0.397 e. The molecule has 0 fully saturated rings. The van der Waals surface area contributed by atoms with Gasteiger partial charge in [0.25, 0.3) is 0 Å². The summed E-state index contributed by atoms with van der Waals surface area (Å²) >= 11 is 2.25. The lowest BCUT2D eigenvalue weighted by Gasteiger charge is -2.07. The molecule has 0 atom stereocenters. The Kier molecular flexibility index (Phi) is 2.68. The number of aryl methyl sites for hydroxylation is 2. The van der Waals surface area contributed by atoms with Crippen LogP contribution in [-0.4, -0.2) is 9.78 Å². The number of aromatic nitrogens is 2. The minimum atomic E-state index is 0.758. The Morgan fingerprint density at radius 3 is 2.53 bits per heavy atom.